The lowest BCUT2D eigenvalue weighted by Crippen LogP contribution is -2.17. The predicted octanol–water partition coefficient (Wildman–Crippen LogP) is 5.06. The van der Waals surface area contributed by atoms with Crippen LogP contribution in [-0.2, 0) is 16.1 Å². The van der Waals surface area contributed by atoms with Crippen molar-refractivity contribution in [3.63, 3.8) is 0 Å². The lowest BCUT2D eigenvalue weighted by Gasteiger charge is -2.10. The lowest BCUT2D eigenvalue weighted by molar-refractivity contribution is -0.113. The summed E-state index contributed by atoms with van der Waals surface area (Å²) in [5.74, 6) is 0.662. The van der Waals surface area contributed by atoms with E-state index in [0.29, 0.717) is 15.7 Å². The molecule has 1 amide bonds. The number of rotatable bonds is 9. The number of carbonyl (C=O) groups excluding carboxylic acids is 2. The first-order chi connectivity index (χ1) is 15.0. The Morgan fingerprint density at radius 2 is 1.94 bits per heavy atom. The molecule has 0 unspecified atom stereocenters. The predicted molar refractivity (Wildman–Crippen MR) is 125 cm³/mol. The fraction of sp³-hybridized carbons (Fsp3) is 0.364. The zero-order valence-electron chi connectivity index (χ0n) is 18.0. The van der Waals surface area contributed by atoms with E-state index in [1.165, 1.54) is 23.1 Å². The molecule has 0 fully saturated rings. The van der Waals surface area contributed by atoms with Gasteiger partial charge in [-0.25, -0.2) is 4.79 Å². The van der Waals surface area contributed by atoms with E-state index in [1.54, 1.807) is 6.92 Å². The molecule has 0 radical (unpaired) electrons. The number of anilines is 1. The maximum absolute atomic E-state index is 12.7. The van der Waals surface area contributed by atoms with Crippen LogP contribution in [-0.4, -0.2) is 39.0 Å². The minimum Gasteiger partial charge on any atom is -0.462 e. The summed E-state index contributed by atoms with van der Waals surface area (Å²) >= 11 is 2.65. The number of ether oxygens (including phenoxy) is 1. The van der Waals surface area contributed by atoms with Crippen molar-refractivity contribution in [1.82, 2.24) is 14.8 Å². The molecule has 1 N–H and O–H groups in total. The number of hydrogen-bond donors (Lipinski definition) is 1. The van der Waals surface area contributed by atoms with E-state index in [2.05, 4.69) is 29.4 Å². The van der Waals surface area contributed by atoms with Crippen molar-refractivity contribution in [3.05, 3.63) is 47.1 Å². The van der Waals surface area contributed by atoms with Gasteiger partial charge in [0.05, 0.1) is 12.4 Å². The Balaban J connectivity index is 1.77. The van der Waals surface area contributed by atoms with Crippen molar-refractivity contribution in [2.45, 2.75) is 45.3 Å². The third-order valence-corrected chi connectivity index (χ3v) is 6.38. The number of hydrogen-bond acceptors (Lipinski definition) is 7. The van der Waals surface area contributed by atoms with Crippen molar-refractivity contribution < 1.29 is 14.3 Å². The summed E-state index contributed by atoms with van der Waals surface area (Å²) in [6.45, 7) is 8.92. The first kappa shape index (κ1) is 23.0. The van der Waals surface area contributed by atoms with Crippen molar-refractivity contribution >= 4 is 40.0 Å². The fourth-order valence-corrected chi connectivity index (χ4v) is 4.89. The Labute approximate surface area is 190 Å². The molecule has 0 aliphatic heterocycles. The highest BCUT2D eigenvalue weighted by Crippen LogP contribution is 2.36. The molecule has 0 saturated carbocycles. The van der Waals surface area contributed by atoms with Crippen LogP contribution in [0.4, 0.5) is 5.00 Å². The molecule has 0 aliphatic carbocycles. The second-order valence-electron chi connectivity index (χ2n) is 7.02. The van der Waals surface area contributed by atoms with Gasteiger partial charge in [0, 0.05) is 23.4 Å². The van der Waals surface area contributed by atoms with Gasteiger partial charge in [-0.05, 0) is 19.4 Å². The quantitative estimate of drug-likeness (QED) is 0.356. The summed E-state index contributed by atoms with van der Waals surface area (Å²) < 4.78 is 7.26. The number of benzene rings is 1. The van der Waals surface area contributed by atoms with Crippen LogP contribution in [0.25, 0.3) is 11.1 Å². The average Bonchev–Trinajstić information content (AvgIpc) is 3.37. The van der Waals surface area contributed by atoms with Crippen LogP contribution >= 0.6 is 23.1 Å². The van der Waals surface area contributed by atoms with Gasteiger partial charge in [0.2, 0.25) is 5.91 Å². The molecular weight excluding hydrogens is 432 g/mol. The van der Waals surface area contributed by atoms with Crippen molar-refractivity contribution in [1.29, 1.82) is 0 Å². The smallest absolute Gasteiger partial charge is 0.341 e. The highest BCUT2D eigenvalue weighted by atomic mass is 32.2. The van der Waals surface area contributed by atoms with Crippen molar-refractivity contribution in [2.24, 2.45) is 0 Å². The summed E-state index contributed by atoms with van der Waals surface area (Å²) in [6.07, 6.45) is 0. The zero-order chi connectivity index (χ0) is 22.4. The van der Waals surface area contributed by atoms with E-state index in [9.17, 15) is 9.59 Å². The van der Waals surface area contributed by atoms with Crippen LogP contribution in [0.15, 0.2) is 40.9 Å². The SMILES string of the molecule is CCOC(=O)c1c(-c2ccccc2)csc1NC(=O)CSc1nnc(C(C)C)n1CC. The van der Waals surface area contributed by atoms with Crippen molar-refractivity contribution in [2.75, 3.05) is 17.7 Å². The monoisotopic (exact) mass is 458 g/mol. The fourth-order valence-electron chi connectivity index (χ4n) is 3.11. The molecule has 9 heteroatoms. The van der Waals surface area contributed by atoms with Crippen LogP contribution in [0.5, 0.6) is 0 Å². The summed E-state index contributed by atoms with van der Waals surface area (Å²) in [5.41, 5.74) is 2.03. The van der Waals surface area contributed by atoms with E-state index in [1.807, 2.05) is 47.2 Å². The van der Waals surface area contributed by atoms with Crippen molar-refractivity contribution in [3.8, 4) is 11.1 Å². The van der Waals surface area contributed by atoms with Crippen LogP contribution in [0.3, 0.4) is 0 Å². The zero-order valence-corrected chi connectivity index (χ0v) is 19.7. The minimum atomic E-state index is -0.446. The summed E-state index contributed by atoms with van der Waals surface area (Å²) in [4.78, 5) is 25.3. The summed E-state index contributed by atoms with van der Waals surface area (Å²) in [6, 6.07) is 9.59. The average molecular weight is 459 g/mol. The van der Waals surface area contributed by atoms with E-state index < -0.39 is 5.97 Å². The number of amides is 1. The molecule has 0 spiro atoms. The Morgan fingerprint density at radius 1 is 1.19 bits per heavy atom. The van der Waals surface area contributed by atoms with Gasteiger partial charge in [-0.15, -0.1) is 21.5 Å². The first-order valence-electron chi connectivity index (χ1n) is 10.2. The van der Waals surface area contributed by atoms with Gasteiger partial charge in [0.1, 0.15) is 16.4 Å². The van der Waals surface area contributed by atoms with E-state index in [-0.39, 0.29) is 24.2 Å². The molecule has 164 valence electrons. The number of thioether (sulfide) groups is 1. The number of aromatic nitrogens is 3. The number of nitrogens with one attached hydrogen (secondary N) is 1. The molecule has 0 atom stereocenters. The summed E-state index contributed by atoms with van der Waals surface area (Å²) in [5, 5.41) is 14.4. The number of esters is 1. The van der Waals surface area contributed by atoms with Gasteiger partial charge in [0.25, 0.3) is 0 Å². The van der Waals surface area contributed by atoms with Crippen LogP contribution in [0.2, 0.25) is 0 Å². The van der Waals surface area contributed by atoms with E-state index in [4.69, 9.17) is 4.74 Å². The number of nitrogens with zero attached hydrogens (tertiary/aromatic N) is 3. The maximum Gasteiger partial charge on any atom is 0.341 e. The van der Waals surface area contributed by atoms with Crippen LogP contribution in [0.1, 0.15) is 49.8 Å². The second kappa shape index (κ2) is 10.6. The second-order valence-corrected chi connectivity index (χ2v) is 8.84. The Morgan fingerprint density at radius 3 is 2.58 bits per heavy atom. The molecule has 0 saturated heterocycles. The van der Waals surface area contributed by atoms with Gasteiger partial charge >= 0.3 is 5.97 Å². The number of thiophene rings is 1. The Bertz CT molecular complexity index is 1040. The standard InChI is InChI=1S/C22H26N4O3S2/c1-5-26-19(14(3)4)24-25-22(26)31-13-17(27)23-20-18(21(28)29-6-2)16(12-30-20)15-10-8-7-9-11-15/h7-12,14H,5-6,13H2,1-4H3,(H,23,27). The highest BCUT2D eigenvalue weighted by molar-refractivity contribution is 7.99. The Hall–Kier alpha value is -2.65. The summed E-state index contributed by atoms with van der Waals surface area (Å²) in [7, 11) is 0. The van der Waals surface area contributed by atoms with Gasteiger partial charge < -0.3 is 14.6 Å². The van der Waals surface area contributed by atoms with Gasteiger partial charge in [0.15, 0.2) is 5.16 Å². The normalized spacial score (nSPS) is 11.0. The van der Waals surface area contributed by atoms with Crippen LogP contribution < -0.4 is 5.32 Å². The van der Waals surface area contributed by atoms with Gasteiger partial charge in [-0.3, -0.25) is 4.79 Å². The topological polar surface area (TPSA) is 86.1 Å². The first-order valence-corrected chi connectivity index (χ1v) is 12.0. The number of carbonyl (C=O) groups is 2. The van der Waals surface area contributed by atoms with Gasteiger partial charge in [-0.2, -0.15) is 0 Å². The van der Waals surface area contributed by atoms with Gasteiger partial charge in [-0.1, -0.05) is 55.9 Å². The van der Waals surface area contributed by atoms with E-state index >= 15 is 0 Å². The maximum atomic E-state index is 12.7. The highest BCUT2D eigenvalue weighted by Gasteiger charge is 2.23. The Kier molecular flexibility index (Phi) is 7.86. The molecule has 0 aliphatic rings. The van der Waals surface area contributed by atoms with E-state index in [0.717, 1.165) is 23.5 Å². The molecule has 0 bridgehead atoms. The molecular formula is C22H26N4O3S2. The minimum absolute atomic E-state index is 0.164. The molecule has 3 rings (SSSR count). The van der Waals surface area contributed by atoms with Crippen LogP contribution in [0, 0.1) is 0 Å². The molecule has 1 aromatic carbocycles. The molecule has 2 heterocycles. The molecule has 7 nitrogen and oxygen atoms in total. The largest absolute Gasteiger partial charge is 0.462 e. The third kappa shape index (κ3) is 5.34. The lowest BCUT2D eigenvalue weighted by atomic mass is 10.0. The molecule has 3 aromatic rings. The molecule has 2 aromatic heterocycles. The molecule has 31 heavy (non-hydrogen) atoms. The third-order valence-electron chi connectivity index (χ3n) is 4.52.